The zero-order valence-corrected chi connectivity index (χ0v) is 63.9. The van der Waals surface area contributed by atoms with E-state index >= 15 is 19.2 Å². The van der Waals surface area contributed by atoms with Crippen LogP contribution in [0.4, 0.5) is 0 Å². The molecule has 0 aliphatic rings. The molecular formula is C79H105N19O16. The number of primary amides is 1. The number of H-pyrrole nitrogens is 1. The summed E-state index contributed by atoms with van der Waals surface area (Å²) in [6, 6.07) is 20.7. The lowest BCUT2D eigenvalue weighted by atomic mass is 9.96. The number of phenols is 1. The van der Waals surface area contributed by atoms with Crippen molar-refractivity contribution in [2.45, 2.75) is 178 Å². The lowest BCUT2D eigenvalue weighted by Gasteiger charge is -2.30. The minimum Gasteiger partial charge on any atom is -0.508 e. The van der Waals surface area contributed by atoms with Gasteiger partial charge in [0.05, 0.1) is 18.9 Å². The van der Waals surface area contributed by atoms with E-state index in [0.717, 1.165) is 10.9 Å². The number of rotatable bonds is 47. The van der Waals surface area contributed by atoms with E-state index < -0.39 is 174 Å². The number of benzene rings is 5. The molecule has 6 rings (SSSR count). The number of aromatic hydroxyl groups is 1. The first-order valence-corrected chi connectivity index (χ1v) is 37.4. The zero-order chi connectivity index (χ0) is 83.6. The van der Waals surface area contributed by atoms with Gasteiger partial charge in [0.2, 0.25) is 65.0 Å². The molecule has 5 aromatic carbocycles. The largest absolute Gasteiger partial charge is 0.508 e. The van der Waals surface area contributed by atoms with Crippen molar-refractivity contribution >= 4 is 99.7 Å². The second-order valence-electron chi connectivity index (χ2n) is 28.2. The number of aliphatic carboxylic acids is 2. The Bertz CT molecular complexity index is 4290. The van der Waals surface area contributed by atoms with Gasteiger partial charge in [0.1, 0.15) is 66.2 Å². The van der Waals surface area contributed by atoms with Gasteiger partial charge in [-0.15, -0.1) is 0 Å². The Labute approximate surface area is 659 Å². The van der Waals surface area contributed by atoms with Crippen LogP contribution in [0, 0.1) is 22.7 Å². The van der Waals surface area contributed by atoms with Gasteiger partial charge in [-0.3, -0.25) is 68.4 Å². The average Bonchev–Trinajstić information content (AvgIpc) is 1.78. The van der Waals surface area contributed by atoms with Crippen LogP contribution in [0.15, 0.2) is 146 Å². The summed E-state index contributed by atoms with van der Waals surface area (Å²) in [5.41, 5.74) is 26.5. The predicted octanol–water partition coefficient (Wildman–Crippen LogP) is -0.384. The standard InChI is InChI=1S/C79H105N19O16/c1-5-45(4)66(76(112)96-59(37-47-21-11-7-12-22-47)71(107)95-61(41-64(81)100)73(109)93-57(36-46-19-9-6-10-20-46)72(108)97-63(77(113)114)35-44(2)3)98-75(111)60(38-48-23-13-8-14-24-48)92-69(105)56(28-18-34-87-79(84)85)89-68(104)55(27-17-33-86-78(82)83)90-70(106)58(39-49-29-31-51(99)32-30-49)94-74(110)62(42-65(101)102)91-67(103)53(80)40-50-43-88-54-26-16-15-25-52(50)54/h6-16,19-26,29-32,43-45,53,55-63,66,88,99H,5,17-18,27-28,33-42,80H2,1-4H3,(H2,81,100)(H,89,104)(H,90,106)(H,91,103)(H,92,105)(H,93,109)(H,94,110)(H,95,107)(H,96,112)(H,97,108)(H,98,111)(H,101,102)(H,113,114)(H4,82,83,86)(H4,84,85,87)/t45-,53-,55-,56-,57-,58-,59-,60-,61-,62-,63-,66-/m0/s1. The SMILES string of the molecule is CC[C@H](C)[C@H](NC(=O)[C@H](Cc1ccccc1)NC(=O)[C@H](CCCNC(=N)N)NC(=O)[C@H](CCCNC(=N)N)NC(=O)[C@H](Cc1ccc(O)cc1)NC(=O)[C@H](CC(=O)O)NC(=O)[C@@H](N)Cc1c[nH]c2ccccc12)C(=O)N[C@@H](Cc1ccccc1)C(=O)N[C@@H](CC(N)=O)C(=O)N[C@@H](Cc1ccccc1)C(=O)N[C@@H](CC(C)C)C(=O)O. The van der Waals surface area contributed by atoms with Gasteiger partial charge in [0, 0.05) is 55.9 Å². The molecule has 0 bridgehead atoms. The van der Waals surface area contributed by atoms with E-state index in [0.29, 0.717) is 27.8 Å². The van der Waals surface area contributed by atoms with Crippen LogP contribution in [0.2, 0.25) is 0 Å². The van der Waals surface area contributed by atoms with Crippen molar-refractivity contribution in [2.75, 3.05) is 13.1 Å². The molecule has 0 radical (unpaired) electrons. The van der Waals surface area contributed by atoms with E-state index in [2.05, 4.69) is 68.8 Å². The monoisotopic (exact) mass is 1580 g/mol. The third-order valence-corrected chi connectivity index (χ3v) is 18.6. The number of carboxylic acids is 2. The van der Waals surface area contributed by atoms with Crippen LogP contribution in [0.25, 0.3) is 10.9 Å². The van der Waals surface area contributed by atoms with Crippen molar-refractivity contribution in [3.63, 3.8) is 0 Å². The number of hydrogen-bond acceptors (Lipinski definition) is 17. The third kappa shape index (κ3) is 30.4. The first-order valence-electron chi connectivity index (χ1n) is 37.4. The second-order valence-corrected chi connectivity index (χ2v) is 28.2. The number of aromatic amines is 1. The molecule has 6 aromatic rings. The van der Waals surface area contributed by atoms with Crippen molar-refractivity contribution in [2.24, 2.45) is 34.8 Å². The summed E-state index contributed by atoms with van der Waals surface area (Å²) in [6.07, 6.45) is -1.31. The Hall–Kier alpha value is -13.0. The quantitative estimate of drug-likeness (QED) is 0.0131. The smallest absolute Gasteiger partial charge is 0.326 e. The highest BCUT2D eigenvalue weighted by Crippen LogP contribution is 2.21. The Morgan fingerprint density at radius 1 is 0.421 bits per heavy atom. The average molecular weight is 1580 g/mol. The van der Waals surface area contributed by atoms with E-state index in [-0.39, 0.29) is 95.4 Å². The molecule has 0 aliphatic heterocycles. The van der Waals surface area contributed by atoms with Crippen molar-refractivity contribution in [1.82, 2.24) is 68.8 Å². The molecular weight excluding hydrogens is 1470 g/mol. The summed E-state index contributed by atoms with van der Waals surface area (Å²) in [5, 5.41) is 77.8. The molecule has 0 aliphatic carbocycles. The lowest BCUT2D eigenvalue weighted by Crippen LogP contribution is -2.62. The van der Waals surface area contributed by atoms with E-state index in [1.165, 1.54) is 24.3 Å². The minimum atomic E-state index is -1.82. The van der Waals surface area contributed by atoms with Gasteiger partial charge in [-0.25, -0.2) is 4.79 Å². The molecule has 114 heavy (non-hydrogen) atoms. The highest BCUT2D eigenvalue weighted by Gasteiger charge is 2.39. The number of para-hydroxylation sites is 1. The fourth-order valence-electron chi connectivity index (χ4n) is 12.4. The summed E-state index contributed by atoms with van der Waals surface area (Å²) in [6.45, 7) is 6.83. The maximum atomic E-state index is 15.2. The third-order valence-electron chi connectivity index (χ3n) is 18.6. The molecule has 11 amide bonds. The number of nitrogens with two attached hydrogens (primary N) is 4. The van der Waals surface area contributed by atoms with Crippen LogP contribution < -0.4 is 86.7 Å². The van der Waals surface area contributed by atoms with Crippen LogP contribution in [0.1, 0.15) is 107 Å². The normalized spacial score (nSPS) is 14.2. The fraction of sp³-hybridized carbons (Fsp3) is 0.405. The Morgan fingerprint density at radius 2 is 0.781 bits per heavy atom. The minimum absolute atomic E-state index is 0.0158. The maximum absolute atomic E-state index is 15.2. The summed E-state index contributed by atoms with van der Waals surface area (Å²) in [5.74, 6) is -15.7. The number of guanidine groups is 2. The van der Waals surface area contributed by atoms with Crippen LogP contribution in [0.5, 0.6) is 5.75 Å². The second kappa shape index (κ2) is 45.4. The van der Waals surface area contributed by atoms with E-state index in [1.54, 1.807) is 131 Å². The molecule has 26 N–H and O–H groups in total. The van der Waals surface area contributed by atoms with Crippen LogP contribution in [-0.2, 0) is 94.4 Å². The number of phenolic OH excluding ortho intramolecular Hbond substituents is 1. The van der Waals surface area contributed by atoms with Gasteiger partial charge in [-0.2, -0.15) is 0 Å². The molecule has 0 saturated heterocycles. The highest BCUT2D eigenvalue weighted by molar-refractivity contribution is 6.01. The van der Waals surface area contributed by atoms with Crippen LogP contribution in [0.3, 0.4) is 0 Å². The summed E-state index contributed by atoms with van der Waals surface area (Å²) in [4.78, 5) is 187. The fourth-order valence-corrected chi connectivity index (χ4v) is 12.4. The number of fused-ring (bicyclic) bond motifs is 1. The van der Waals surface area contributed by atoms with Crippen LogP contribution in [-0.4, -0.2) is 189 Å². The van der Waals surface area contributed by atoms with Gasteiger partial charge in [-0.1, -0.05) is 155 Å². The number of carbonyl (C=O) groups excluding carboxylic acids is 11. The molecule has 35 heteroatoms. The number of amides is 11. The first kappa shape index (κ1) is 89.9. The van der Waals surface area contributed by atoms with E-state index in [4.69, 9.17) is 33.8 Å². The van der Waals surface area contributed by atoms with E-state index in [1.807, 2.05) is 18.2 Å². The number of carbonyl (C=O) groups is 13. The van der Waals surface area contributed by atoms with Gasteiger partial charge < -0.3 is 107 Å². The Kier molecular flexibility index (Phi) is 35.8. The molecule has 1 aromatic heterocycles. The molecule has 0 unspecified atom stereocenters. The van der Waals surface area contributed by atoms with Crippen molar-refractivity contribution in [3.05, 3.63) is 174 Å². The molecule has 12 atom stereocenters. The van der Waals surface area contributed by atoms with Gasteiger partial charge >= 0.3 is 11.9 Å². The predicted molar refractivity (Wildman–Crippen MR) is 422 cm³/mol. The lowest BCUT2D eigenvalue weighted by molar-refractivity contribution is -0.143. The van der Waals surface area contributed by atoms with Crippen molar-refractivity contribution in [1.29, 1.82) is 10.8 Å². The summed E-state index contributed by atoms with van der Waals surface area (Å²) in [7, 11) is 0. The maximum Gasteiger partial charge on any atom is 0.326 e. The number of carboxylic acid groups (broad SMARTS) is 2. The molecule has 1 heterocycles. The topological polar surface area (TPSA) is 595 Å². The van der Waals surface area contributed by atoms with Gasteiger partial charge in [-0.05, 0) is 96.4 Å². The molecule has 612 valence electrons. The van der Waals surface area contributed by atoms with Crippen molar-refractivity contribution < 1.29 is 77.6 Å². The molecule has 0 spiro atoms. The van der Waals surface area contributed by atoms with E-state index in [9.17, 15) is 58.5 Å². The van der Waals surface area contributed by atoms with Crippen molar-refractivity contribution in [3.8, 4) is 5.75 Å². The van der Waals surface area contributed by atoms with Gasteiger partial charge in [0.25, 0.3) is 0 Å². The summed E-state index contributed by atoms with van der Waals surface area (Å²) >= 11 is 0. The zero-order valence-electron chi connectivity index (χ0n) is 63.9. The Morgan fingerprint density at radius 3 is 1.19 bits per heavy atom. The first-order chi connectivity index (χ1) is 54.3. The number of aromatic nitrogens is 1. The summed E-state index contributed by atoms with van der Waals surface area (Å²) < 4.78 is 0. The van der Waals surface area contributed by atoms with Crippen LogP contribution >= 0.6 is 0 Å². The number of nitrogens with one attached hydrogen (secondary N) is 15. The number of hydrogen-bond donors (Lipinski definition) is 22. The molecule has 0 saturated carbocycles. The highest BCUT2D eigenvalue weighted by atomic mass is 16.4. The Balaban J connectivity index is 1.29. The van der Waals surface area contributed by atoms with Gasteiger partial charge in [0.15, 0.2) is 11.9 Å². The molecule has 35 nitrogen and oxygen atoms in total. The molecule has 0 fully saturated rings.